The number of hydrogen-bond acceptors (Lipinski definition) is 2. The molecule has 2 atom stereocenters. The van der Waals surface area contributed by atoms with Crippen LogP contribution in [-0.4, -0.2) is 36.0 Å². The SMILES string of the molecule is c1ccc(CN2CC3CC(C2)CN(Cc2cccc4ccccc24)C3)cc1. The number of rotatable bonds is 4. The van der Waals surface area contributed by atoms with Gasteiger partial charge in [-0.2, -0.15) is 0 Å². The molecule has 2 heteroatoms. The normalized spacial score (nSPS) is 23.6. The van der Waals surface area contributed by atoms with Crippen molar-refractivity contribution in [1.29, 1.82) is 0 Å². The van der Waals surface area contributed by atoms with Gasteiger partial charge in [-0.25, -0.2) is 0 Å². The molecule has 2 saturated heterocycles. The molecule has 0 saturated carbocycles. The minimum atomic E-state index is 0.816. The molecule has 3 aromatic carbocycles. The van der Waals surface area contributed by atoms with E-state index in [2.05, 4.69) is 82.6 Å². The van der Waals surface area contributed by atoms with Crippen LogP contribution in [0, 0.1) is 11.8 Å². The highest BCUT2D eigenvalue weighted by molar-refractivity contribution is 5.85. The van der Waals surface area contributed by atoms with Crippen LogP contribution in [0.5, 0.6) is 0 Å². The van der Waals surface area contributed by atoms with Crippen LogP contribution in [0.1, 0.15) is 17.5 Å². The zero-order valence-corrected chi connectivity index (χ0v) is 15.9. The van der Waals surface area contributed by atoms with Gasteiger partial charge in [-0.05, 0) is 40.2 Å². The molecule has 2 bridgehead atoms. The van der Waals surface area contributed by atoms with Gasteiger partial charge in [0.25, 0.3) is 0 Å². The molecule has 2 aliphatic rings. The van der Waals surface area contributed by atoms with Crippen LogP contribution >= 0.6 is 0 Å². The Bertz CT molecular complexity index is 885. The van der Waals surface area contributed by atoms with Gasteiger partial charge in [0.1, 0.15) is 0 Å². The highest BCUT2D eigenvalue weighted by Gasteiger charge is 2.34. The molecule has 2 fully saturated rings. The average Bonchev–Trinajstić information content (AvgIpc) is 2.68. The van der Waals surface area contributed by atoms with Crippen molar-refractivity contribution in [3.05, 3.63) is 83.9 Å². The van der Waals surface area contributed by atoms with Crippen LogP contribution in [0.25, 0.3) is 10.8 Å². The second-order valence-electron chi connectivity index (χ2n) is 8.48. The standard InChI is InChI=1S/C25H28N2/c1-2-7-20(8-3-1)14-26-15-21-13-22(16-26)18-27(17-21)19-24-11-6-10-23-9-4-5-12-25(23)24/h1-12,21-22H,13-19H2. The maximum atomic E-state index is 2.71. The summed E-state index contributed by atoms with van der Waals surface area (Å²) in [4.78, 5) is 5.39. The lowest BCUT2D eigenvalue weighted by molar-refractivity contribution is 0.0243. The van der Waals surface area contributed by atoms with E-state index in [4.69, 9.17) is 0 Å². The molecule has 0 N–H and O–H groups in total. The van der Waals surface area contributed by atoms with Crippen molar-refractivity contribution >= 4 is 10.8 Å². The Hall–Kier alpha value is -2.16. The summed E-state index contributed by atoms with van der Waals surface area (Å²) in [5, 5.41) is 2.78. The van der Waals surface area contributed by atoms with E-state index in [1.807, 2.05) is 0 Å². The molecule has 2 heterocycles. The quantitative estimate of drug-likeness (QED) is 0.663. The number of piperidine rings is 2. The average molecular weight is 357 g/mol. The predicted octanol–water partition coefficient (Wildman–Crippen LogP) is 4.79. The van der Waals surface area contributed by atoms with Crippen LogP contribution in [0.2, 0.25) is 0 Å². The zero-order valence-electron chi connectivity index (χ0n) is 15.9. The summed E-state index contributed by atoms with van der Waals surface area (Å²) in [6.07, 6.45) is 1.41. The Morgan fingerprint density at radius 1 is 0.630 bits per heavy atom. The Morgan fingerprint density at radius 2 is 1.26 bits per heavy atom. The summed E-state index contributed by atoms with van der Waals surface area (Å²) in [6.45, 7) is 7.18. The lowest BCUT2D eigenvalue weighted by Crippen LogP contribution is -2.52. The summed E-state index contributed by atoms with van der Waals surface area (Å²) >= 11 is 0. The Kier molecular flexibility index (Phi) is 4.69. The van der Waals surface area contributed by atoms with Gasteiger partial charge in [-0.3, -0.25) is 9.80 Å². The lowest BCUT2D eigenvalue weighted by atomic mass is 9.84. The van der Waals surface area contributed by atoms with Gasteiger partial charge >= 0.3 is 0 Å². The fourth-order valence-corrected chi connectivity index (χ4v) is 5.27. The van der Waals surface area contributed by atoms with Crippen molar-refractivity contribution in [2.45, 2.75) is 19.5 Å². The highest BCUT2D eigenvalue weighted by atomic mass is 15.2. The molecule has 27 heavy (non-hydrogen) atoms. The second-order valence-corrected chi connectivity index (χ2v) is 8.48. The molecule has 3 aromatic rings. The molecule has 2 unspecified atom stereocenters. The molecule has 0 amide bonds. The number of hydrogen-bond donors (Lipinski definition) is 0. The van der Waals surface area contributed by atoms with Gasteiger partial charge in [-0.15, -0.1) is 0 Å². The topological polar surface area (TPSA) is 6.48 Å². The highest BCUT2D eigenvalue weighted by Crippen LogP contribution is 2.31. The molecule has 2 aliphatic heterocycles. The lowest BCUT2D eigenvalue weighted by Gasteiger charge is -2.46. The van der Waals surface area contributed by atoms with E-state index in [1.54, 1.807) is 0 Å². The van der Waals surface area contributed by atoms with E-state index in [0.29, 0.717) is 0 Å². The number of fused-ring (bicyclic) bond motifs is 3. The second kappa shape index (κ2) is 7.46. The first-order chi connectivity index (χ1) is 13.3. The van der Waals surface area contributed by atoms with Gasteiger partial charge < -0.3 is 0 Å². The van der Waals surface area contributed by atoms with Gasteiger partial charge in [-0.1, -0.05) is 72.8 Å². The monoisotopic (exact) mass is 356 g/mol. The number of nitrogens with zero attached hydrogens (tertiary/aromatic N) is 2. The van der Waals surface area contributed by atoms with E-state index in [1.165, 1.54) is 54.5 Å². The minimum absolute atomic E-state index is 0.816. The maximum absolute atomic E-state index is 2.71. The van der Waals surface area contributed by atoms with E-state index in [-0.39, 0.29) is 0 Å². The van der Waals surface area contributed by atoms with Crippen molar-refractivity contribution in [3.63, 3.8) is 0 Å². The first-order valence-corrected chi connectivity index (χ1v) is 10.3. The van der Waals surface area contributed by atoms with E-state index < -0.39 is 0 Å². The third kappa shape index (κ3) is 3.78. The van der Waals surface area contributed by atoms with Gasteiger partial charge in [0.2, 0.25) is 0 Å². The summed E-state index contributed by atoms with van der Waals surface area (Å²) in [5.41, 5.74) is 2.93. The Balaban J connectivity index is 1.26. The first kappa shape index (κ1) is 17.0. The van der Waals surface area contributed by atoms with Crippen molar-refractivity contribution < 1.29 is 0 Å². The van der Waals surface area contributed by atoms with Crippen LogP contribution in [0.3, 0.4) is 0 Å². The van der Waals surface area contributed by atoms with Gasteiger partial charge in [0, 0.05) is 39.3 Å². The molecule has 0 radical (unpaired) electrons. The fraction of sp³-hybridized carbons (Fsp3) is 0.360. The number of likely N-dealkylation sites (tertiary alicyclic amines) is 2. The summed E-state index contributed by atoms with van der Waals surface area (Å²) in [5.74, 6) is 1.63. The molecule has 5 rings (SSSR count). The molecule has 2 nitrogen and oxygen atoms in total. The third-order valence-electron chi connectivity index (χ3n) is 6.26. The van der Waals surface area contributed by atoms with Crippen LogP contribution in [-0.2, 0) is 13.1 Å². The summed E-state index contributed by atoms with van der Waals surface area (Å²) < 4.78 is 0. The van der Waals surface area contributed by atoms with E-state index in [9.17, 15) is 0 Å². The fourth-order valence-electron chi connectivity index (χ4n) is 5.27. The maximum Gasteiger partial charge on any atom is 0.0240 e. The van der Waals surface area contributed by atoms with Gasteiger partial charge in [0.15, 0.2) is 0 Å². The smallest absolute Gasteiger partial charge is 0.0240 e. The van der Waals surface area contributed by atoms with Crippen LogP contribution < -0.4 is 0 Å². The van der Waals surface area contributed by atoms with Crippen molar-refractivity contribution in [1.82, 2.24) is 9.80 Å². The zero-order chi connectivity index (χ0) is 18.1. The minimum Gasteiger partial charge on any atom is -0.298 e. The van der Waals surface area contributed by atoms with Gasteiger partial charge in [0.05, 0.1) is 0 Å². The van der Waals surface area contributed by atoms with Crippen molar-refractivity contribution in [2.24, 2.45) is 11.8 Å². The Labute approximate surface area is 162 Å². The molecular formula is C25H28N2. The Morgan fingerprint density at radius 3 is 2.04 bits per heavy atom. The van der Waals surface area contributed by atoms with Crippen molar-refractivity contribution in [2.75, 3.05) is 26.2 Å². The van der Waals surface area contributed by atoms with Crippen LogP contribution in [0.4, 0.5) is 0 Å². The molecular weight excluding hydrogens is 328 g/mol. The third-order valence-corrected chi connectivity index (χ3v) is 6.26. The van der Waals surface area contributed by atoms with Crippen molar-refractivity contribution in [3.8, 4) is 0 Å². The van der Waals surface area contributed by atoms with Crippen LogP contribution in [0.15, 0.2) is 72.8 Å². The molecule has 138 valence electrons. The number of benzene rings is 3. The summed E-state index contributed by atoms with van der Waals surface area (Å²) in [7, 11) is 0. The molecule has 0 aliphatic carbocycles. The summed E-state index contributed by atoms with van der Waals surface area (Å²) in [6, 6.07) is 26.5. The largest absolute Gasteiger partial charge is 0.298 e. The van der Waals surface area contributed by atoms with E-state index >= 15 is 0 Å². The molecule has 0 spiro atoms. The first-order valence-electron chi connectivity index (χ1n) is 10.3. The van der Waals surface area contributed by atoms with E-state index in [0.717, 1.165) is 24.9 Å². The molecule has 0 aromatic heterocycles. The predicted molar refractivity (Wildman–Crippen MR) is 113 cm³/mol.